The van der Waals surface area contributed by atoms with Crippen LogP contribution in [0.15, 0.2) is 30.6 Å². The van der Waals surface area contributed by atoms with Crippen LogP contribution < -0.4 is 5.32 Å². The first kappa shape index (κ1) is 17.7. The number of benzene rings is 1. The molecule has 0 radical (unpaired) electrons. The van der Waals surface area contributed by atoms with Gasteiger partial charge in [-0.3, -0.25) is 4.79 Å². The molecule has 1 fully saturated rings. The summed E-state index contributed by atoms with van der Waals surface area (Å²) in [4.78, 5) is 32.6. The average Bonchev–Trinajstić information content (AvgIpc) is 2.61. The maximum Gasteiger partial charge on any atom is 0.356 e. The fourth-order valence-electron chi connectivity index (χ4n) is 2.78. The summed E-state index contributed by atoms with van der Waals surface area (Å²) in [6.07, 6.45) is 3.61. The van der Waals surface area contributed by atoms with Crippen molar-refractivity contribution in [1.82, 2.24) is 14.9 Å². The molecule has 1 saturated heterocycles. The van der Waals surface area contributed by atoms with Crippen molar-refractivity contribution in [3.05, 3.63) is 53.5 Å². The van der Waals surface area contributed by atoms with Crippen LogP contribution in [0.4, 0.5) is 14.6 Å². The number of amides is 1. The van der Waals surface area contributed by atoms with Crippen molar-refractivity contribution in [2.75, 3.05) is 11.9 Å². The molecule has 3 rings (SSSR count). The van der Waals surface area contributed by atoms with E-state index in [1.54, 1.807) is 0 Å². The highest BCUT2D eigenvalue weighted by molar-refractivity contribution is 5.86. The molecule has 2 N–H and O–H groups in total. The van der Waals surface area contributed by atoms with Gasteiger partial charge < -0.3 is 15.3 Å². The largest absolute Gasteiger partial charge is 0.476 e. The fourth-order valence-corrected chi connectivity index (χ4v) is 2.78. The molecule has 1 atom stereocenters. The number of carboxylic acid groups (broad SMARTS) is 1. The minimum atomic E-state index is -1.19. The Morgan fingerprint density at radius 1 is 1.31 bits per heavy atom. The number of aromatic carboxylic acids is 1. The molecule has 1 aromatic carbocycles. The van der Waals surface area contributed by atoms with Gasteiger partial charge >= 0.3 is 5.97 Å². The number of carbonyl (C=O) groups is 2. The van der Waals surface area contributed by atoms with Crippen molar-refractivity contribution in [3.8, 4) is 0 Å². The Bertz CT molecular complexity index is 829. The number of hydrogen-bond donors (Lipinski definition) is 2. The van der Waals surface area contributed by atoms with Gasteiger partial charge in [0.2, 0.25) is 5.91 Å². The van der Waals surface area contributed by atoms with Crippen LogP contribution in [0.5, 0.6) is 0 Å². The van der Waals surface area contributed by atoms with Crippen molar-refractivity contribution >= 4 is 17.7 Å². The lowest BCUT2D eigenvalue weighted by atomic mass is 10.0. The van der Waals surface area contributed by atoms with Gasteiger partial charge in [0, 0.05) is 24.7 Å². The predicted molar refractivity (Wildman–Crippen MR) is 87.4 cm³/mol. The molecule has 2 aromatic rings. The summed E-state index contributed by atoms with van der Waals surface area (Å²) in [6, 6.07) is 2.70. The van der Waals surface area contributed by atoms with Gasteiger partial charge in [0.1, 0.15) is 23.5 Å². The number of carbonyl (C=O) groups excluding carboxylic acids is 1. The van der Waals surface area contributed by atoms with Crippen LogP contribution in [-0.4, -0.2) is 44.4 Å². The van der Waals surface area contributed by atoms with E-state index in [2.05, 4.69) is 15.3 Å². The second-order valence-corrected chi connectivity index (χ2v) is 5.93. The summed E-state index contributed by atoms with van der Waals surface area (Å²) in [5.41, 5.74) is 0.0462. The molecule has 136 valence electrons. The van der Waals surface area contributed by atoms with Gasteiger partial charge in [-0.1, -0.05) is 6.07 Å². The van der Waals surface area contributed by atoms with Crippen molar-refractivity contribution in [3.63, 3.8) is 0 Å². The van der Waals surface area contributed by atoms with Gasteiger partial charge in [0.25, 0.3) is 0 Å². The van der Waals surface area contributed by atoms with E-state index in [1.165, 1.54) is 17.2 Å². The van der Waals surface area contributed by atoms with Crippen molar-refractivity contribution in [1.29, 1.82) is 0 Å². The third-order valence-electron chi connectivity index (χ3n) is 4.10. The number of carboxylic acids is 1. The first-order valence-corrected chi connectivity index (χ1v) is 7.98. The van der Waals surface area contributed by atoms with Gasteiger partial charge in [-0.05, 0) is 18.9 Å². The summed E-state index contributed by atoms with van der Waals surface area (Å²) in [7, 11) is 0. The number of aromatic nitrogens is 2. The van der Waals surface area contributed by atoms with E-state index >= 15 is 0 Å². The van der Waals surface area contributed by atoms with E-state index in [9.17, 15) is 18.4 Å². The Morgan fingerprint density at radius 2 is 2.12 bits per heavy atom. The number of nitrogens with zero attached hydrogens (tertiary/aromatic N) is 3. The summed E-state index contributed by atoms with van der Waals surface area (Å²) >= 11 is 0. The molecule has 0 spiro atoms. The Morgan fingerprint density at radius 3 is 2.77 bits per heavy atom. The average molecular weight is 362 g/mol. The summed E-state index contributed by atoms with van der Waals surface area (Å²) in [5, 5.41) is 11.7. The Balaban J connectivity index is 1.68. The lowest BCUT2D eigenvalue weighted by Gasteiger charge is -2.33. The predicted octanol–water partition coefficient (Wildman–Crippen LogP) is 2.06. The molecule has 1 aliphatic heterocycles. The minimum Gasteiger partial charge on any atom is -0.476 e. The number of halogens is 2. The van der Waals surface area contributed by atoms with Crippen LogP contribution in [0.3, 0.4) is 0 Å². The number of hydrogen-bond acceptors (Lipinski definition) is 5. The number of likely N-dealkylation sites (tertiary alicyclic amines) is 1. The zero-order valence-electron chi connectivity index (χ0n) is 13.7. The molecule has 1 amide bonds. The molecular weight excluding hydrogens is 346 g/mol. The number of rotatable bonds is 5. The first-order chi connectivity index (χ1) is 12.4. The van der Waals surface area contributed by atoms with E-state index < -0.39 is 23.6 Å². The Hall–Kier alpha value is -3.10. The van der Waals surface area contributed by atoms with Crippen LogP contribution >= 0.6 is 0 Å². The molecule has 1 aliphatic rings. The highest BCUT2D eigenvalue weighted by Crippen LogP contribution is 2.19. The second-order valence-electron chi connectivity index (χ2n) is 5.93. The SMILES string of the molecule is O=C(O)c1cnc(NC2CCCN(Cc3ccc(F)cc3F)C2=O)cn1. The number of nitrogens with one attached hydrogen (secondary N) is 1. The van der Waals surface area contributed by atoms with Crippen LogP contribution in [0, 0.1) is 11.6 Å². The topological polar surface area (TPSA) is 95.4 Å². The molecule has 0 aliphatic carbocycles. The fraction of sp³-hybridized carbons (Fsp3) is 0.294. The standard InChI is InChI=1S/C17H16F2N4O3/c18-11-4-3-10(12(19)6-11)9-23-5-1-2-13(16(23)24)22-15-8-20-14(7-21-15)17(25)26/h3-4,6-8,13H,1-2,5,9H2,(H,21,22)(H,25,26). The first-order valence-electron chi connectivity index (χ1n) is 7.98. The second kappa shape index (κ2) is 7.42. The van der Waals surface area contributed by atoms with Crippen LogP contribution in [0.2, 0.25) is 0 Å². The quantitative estimate of drug-likeness (QED) is 0.845. The van der Waals surface area contributed by atoms with Gasteiger partial charge in [0.15, 0.2) is 5.69 Å². The summed E-state index contributed by atoms with van der Waals surface area (Å²) in [6.45, 7) is 0.518. The summed E-state index contributed by atoms with van der Waals surface area (Å²) in [5.74, 6) is -2.50. The third kappa shape index (κ3) is 3.93. The Labute approximate surface area is 147 Å². The number of piperidine rings is 1. The molecule has 1 unspecified atom stereocenters. The van der Waals surface area contributed by atoms with Gasteiger partial charge in [0.05, 0.1) is 12.4 Å². The highest BCUT2D eigenvalue weighted by atomic mass is 19.1. The van der Waals surface area contributed by atoms with Crippen molar-refractivity contribution in [2.24, 2.45) is 0 Å². The molecule has 0 saturated carbocycles. The van der Waals surface area contributed by atoms with E-state index in [0.29, 0.717) is 19.4 Å². The molecule has 1 aromatic heterocycles. The molecule has 2 heterocycles. The van der Waals surface area contributed by atoms with Crippen LogP contribution in [0.25, 0.3) is 0 Å². The zero-order valence-corrected chi connectivity index (χ0v) is 13.7. The van der Waals surface area contributed by atoms with E-state index in [4.69, 9.17) is 5.11 Å². The van der Waals surface area contributed by atoms with Gasteiger partial charge in [-0.15, -0.1) is 0 Å². The van der Waals surface area contributed by atoms with Gasteiger partial charge in [-0.2, -0.15) is 0 Å². The van der Waals surface area contributed by atoms with E-state index in [-0.39, 0.29) is 29.5 Å². The van der Waals surface area contributed by atoms with E-state index in [0.717, 1.165) is 18.3 Å². The van der Waals surface area contributed by atoms with Gasteiger partial charge in [-0.25, -0.2) is 23.5 Å². The minimum absolute atomic E-state index is 0.0484. The molecule has 26 heavy (non-hydrogen) atoms. The van der Waals surface area contributed by atoms with Crippen LogP contribution in [0.1, 0.15) is 28.9 Å². The third-order valence-corrected chi connectivity index (χ3v) is 4.10. The smallest absolute Gasteiger partial charge is 0.356 e. The number of anilines is 1. The van der Waals surface area contributed by atoms with Crippen LogP contribution in [-0.2, 0) is 11.3 Å². The van der Waals surface area contributed by atoms with Crippen molar-refractivity contribution < 1.29 is 23.5 Å². The zero-order chi connectivity index (χ0) is 18.7. The van der Waals surface area contributed by atoms with Crippen molar-refractivity contribution in [2.45, 2.75) is 25.4 Å². The molecular formula is C17H16F2N4O3. The molecule has 7 nitrogen and oxygen atoms in total. The molecule has 9 heteroatoms. The lowest BCUT2D eigenvalue weighted by molar-refractivity contribution is -0.134. The molecule has 0 bridgehead atoms. The monoisotopic (exact) mass is 362 g/mol. The maximum atomic E-state index is 13.8. The highest BCUT2D eigenvalue weighted by Gasteiger charge is 2.29. The summed E-state index contributed by atoms with van der Waals surface area (Å²) < 4.78 is 26.8. The lowest BCUT2D eigenvalue weighted by Crippen LogP contribution is -2.47. The Kier molecular flexibility index (Phi) is 5.06. The maximum absolute atomic E-state index is 13.8. The van der Waals surface area contributed by atoms with E-state index in [1.807, 2.05) is 0 Å². The normalized spacial score (nSPS) is 17.2.